The Labute approximate surface area is 201 Å². The highest BCUT2D eigenvalue weighted by Crippen LogP contribution is 2.37. The molecule has 196 valence electrons. The first-order valence-corrected chi connectivity index (χ1v) is 13.5. The molecule has 0 radical (unpaired) electrons. The fraction of sp³-hybridized carbons (Fsp3) is 0.818. The maximum absolute atomic E-state index is 14.4. The van der Waals surface area contributed by atoms with Gasteiger partial charge in [-0.2, -0.15) is 0 Å². The van der Waals surface area contributed by atoms with Gasteiger partial charge < -0.3 is 20.3 Å². The number of carbonyl (C=O) groups excluding carboxylic acids is 1. The molecule has 1 atom stereocenters. The minimum atomic E-state index is -3.72. The molecule has 12 heteroatoms. The number of rotatable bonds is 12. The average Bonchev–Trinajstić information content (AvgIpc) is 2.79. The SMILES string of the molecule is COC(=O)CS(=O)(=O)NC/C=C(\C)N1CCC(CCCC2CN(/C=N/CN)CCC2(F)F)CC1. The van der Waals surface area contributed by atoms with Gasteiger partial charge in [-0.05, 0) is 32.1 Å². The zero-order chi connectivity index (χ0) is 25.2. The number of hydrogen-bond acceptors (Lipinski definition) is 7. The molecule has 2 saturated heterocycles. The Hall–Kier alpha value is -1.79. The van der Waals surface area contributed by atoms with Crippen LogP contribution in [0.3, 0.4) is 0 Å². The van der Waals surface area contributed by atoms with Gasteiger partial charge in [0.25, 0.3) is 5.92 Å². The number of sulfonamides is 1. The number of nitrogens with zero attached hydrogens (tertiary/aromatic N) is 3. The highest BCUT2D eigenvalue weighted by atomic mass is 32.2. The molecule has 2 rings (SSSR count). The number of aliphatic imine (C=N–C) groups is 1. The van der Waals surface area contributed by atoms with Gasteiger partial charge in [0.05, 0.1) is 20.1 Å². The van der Waals surface area contributed by atoms with E-state index >= 15 is 0 Å². The molecule has 3 N–H and O–H groups in total. The van der Waals surface area contributed by atoms with Crippen molar-refractivity contribution in [3.8, 4) is 0 Å². The van der Waals surface area contributed by atoms with Gasteiger partial charge in [0.15, 0.2) is 5.75 Å². The standard InChI is InChI=1S/C22H39F2N5O4S/c1-18(6-10-27-34(31,32)15-21(30)33-2)29-11-7-19(8-12-29)4-3-5-20-14-28(17-26-16-25)13-9-22(20,23)24/h6,17,19-20,27H,3-5,7-16,25H2,1-2H3/b18-6+,26-17+. The summed E-state index contributed by atoms with van der Waals surface area (Å²) in [6.45, 7) is 4.53. The smallest absolute Gasteiger partial charge is 0.322 e. The van der Waals surface area contributed by atoms with Crippen LogP contribution in [0.2, 0.25) is 0 Å². The predicted molar refractivity (Wildman–Crippen MR) is 128 cm³/mol. The Bertz CT molecular complexity index is 814. The molecule has 0 aromatic carbocycles. The quantitative estimate of drug-likeness (QED) is 0.235. The second-order valence-electron chi connectivity index (χ2n) is 9.07. The number of nitrogens with one attached hydrogen (secondary N) is 1. The van der Waals surface area contributed by atoms with Crippen molar-refractivity contribution in [3.05, 3.63) is 11.8 Å². The number of allylic oxidation sites excluding steroid dienone is 1. The number of carbonyl (C=O) groups is 1. The molecule has 9 nitrogen and oxygen atoms in total. The summed E-state index contributed by atoms with van der Waals surface area (Å²) in [7, 11) is -2.58. The minimum Gasteiger partial charge on any atom is -0.468 e. The number of methoxy groups -OCH3 is 1. The molecule has 2 fully saturated rings. The molecule has 0 bridgehead atoms. The van der Waals surface area contributed by atoms with Crippen molar-refractivity contribution in [3.63, 3.8) is 0 Å². The van der Waals surface area contributed by atoms with Crippen LogP contribution < -0.4 is 10.5 Å². The largest absolute Gasteiger partial charge is 0.468 e. The topological polar surface area (TPSA) is 117 Å². The second-order valence-corrected chi connectivity index (χ2v) is 10.9. The third-order valence-electron chi connectivity index (χ3n) is 6.65. The molecule has 34 heavy (non-hydrogen) atoms. The molecule has 0 amide bonds. The summed E-state index contributed by atoms with van der Waals surface area (Å²) in [4.78, 5) is 19.2. The number of alkyl halides is 2. The van der Waals surface area contributed by atoms with Gasteiger partial charge in [-0.15, -0.1) is 0 Å². The first-order valence-electron chi connectivity index (χ1n) is 11.8. The number of ether oxygens (including phenoxy) is 1. The van der Waals surface area contributed by atoms with Gasteiger partial charge in [-0.25, -0.2) is 21.9 Å². The first kappa shape index (κ1) is 28.4. The summed E-state index contributed by atoms with van der Waals surface area (Å²) in [6, 6.07) is 0. The lowest BCUT2D eigenvalue weighted by atomic mass is 9.85. The van der Waals surface area contributed by atoms with Crippen molar-refractivity contribution in [1.29, 1.82) is 0 Å². The summed E-state index contributed by atoms with van der Waals surface area (Å²) in [5.74, 6) is -4.28. The maximum Gasteiger partial charge on any atom is 0.322 e. The van der Waals surface area contributed by atoms with E-state index < -0.39 is 33.6 Å². The molecule has 2 aliphatic rings. The lowest BCUT2D eigenvalue weighted by Gasteiger charge is -2.38. The minimum absolute atomic E-state index is 0.105. The van der Waals surface area contributed by atoms with E-state index in [0.717, 1.165) is 51.6 Å². The fourth-order valence-corrected chi connectivity index (χ4v) is 5.38. The molecule has 0 saturated carbocycles. The number of hydrogen-bond donors (Lipinski definition) is 2. The van der Waals surface area contributed by atoms with Gasteiger partial charge in [0, 0.05) is 50.8 Å². The molecule has 0 aromatic heterocycles. The highest BCUT2D eigenvalue weighted by molar-refractivity contribution is 7.90. The van der Waals surface area contributed by atoms with Crippen molar-refractivity contribution in [2.45, 2.75) is 51.4 Å². The Morgan fingerprint density at radius 1 is 1.26 bits per heavy atom. The van der Waals surface area contributed by atoms with E-state index in [1.165, 1.54) is 0 Å². The normalized spacial score (nSPS) is 22.4. The van der Waals surface area contributed by atoms with Gasteiger partial charge in [-0.1, -0.05) is 18.9 Å². The van der Waals surface area contributed by atoms with Crippen LogP contribution >= 0.6 is 0 Å². The maximum atomic E-state index is 14.4. The van der Waals surface area contributed by atoms with E-state index in [-0.39, 0.29) is 19.6 Å². The van der Waals surface area contributed by atoms with Crippen molar-refractivity contribution in [2.75, 3.05) is 52.3 Å². The van der Waals surface area contributed by atoms with Crippen LogP contribution in [0.15, 0.2) is 16.8 Å². The van der Waals surface area contributed by atoms with Crippen LogP contribution in [0, 0.1) is 11.8 Å². The lowest BCUT2D eigenvalue weighted by molar-refractivity contribution is -0.137. The number of likely N-dealkylation sites (tertiary alicyclic amines) is 2. The van der Waals surface area contributed by atoms with E-state index in [0.29, 0.717) is 25.4 Å². The van der Waals surface area contributed by atoms with Crippen LogP contribution in [0.4, 0.5) is 8.78 Å². The number of halogens is 2. The molecule has 2 aliphatic heterocycles. The molecule has 0 aromatic rings. The number of nitrogens with two attached hydrogens (primary N) is 1. The van der Waals surface area contributed by atoms with Crippen LogP contribution in [-0.4, -0.2) is 88.7 Å². The zero-order valence-corrected chi connectivity index (χ0v) is 21.0. The summed E-state index contributed by atoms with van der Waals surface area (Å²) in [5, 5.41) is 0. The third kappa shape index (κ3) is 9.46. The monoisotopic (exact) mass is 507 g/mol. The lowest BCUT2D eigenvalue weighted by Crippen LogP contribution is -2.46. The van der Waals surface area contributed by atoms with Gasteiger partial charge in [-0.3, -0.25) is 9.79 Å². The molecule has 0 spiro atoms. The van der Waals surface area contributed by atoms with E-state index in [1.54, 1.807) is 12.4 Å². The van der Waals surface area contributed by atoms with Crippen LogP contribution in [0.25, 0.3) is 0 Å². The molecular formula is C22H39F2N5O4S. The van der Waals surface area contributed by atoms with Gasteiger partial charge in [0.1, 0.15) is 0 Å². The predicted octanol–water partition coefficient (Wildman–Crippen LogP) is 1.77. The Morgan fingerprint density at radius 3 is 2.62 bits per heavy atom. The summed E-state index contributed by atoms with van der Waals surface area (Å²) in [5.41, 5.74) is 6.34. The molecular weight excluding hydrogens is 468 g/mol. The van der Waals surface area contributed by atoms with Crippen LogP contribution in [0.5, 0.6) is 0 Å². The molecule has 0 aliphatic carbocycles. The summed E-state index contributed by atoms with van der Waals surface area (Å²) < 4.78 is 59.1. The Balaban J connectivity index is 1.71. The second kappa shape index (κ2) is 13.3. The van der Waals surface area contributed by atoms with E-state index in [9.17, 15) is 22.0 Å². The van der Waals surface area contributed by atoms with Gasteiger partial charge >= 0.3 is 5.97 Å². The molecule has 2 heterocycles. The van der Waals surface area contributed by atoms with Crippen molar-refractivity contribution >= 4 is 22.3 Å². The zero-order valence-electron chi connectivity index (χ0n) is 20.2. The summed E-state index contributed by atoms with van der Waals surface area (Å²) in [6.07, 6.45) is 7.43. The summed E-state index contributed by atoms with van der Waals surface area (Å²) >= 11 is 0. The van der Waals surface area contributed by atoms with Gasteiger partial charge in [0.2, 0.25) is 10.0 Å². The Kier molecular flexibility index (Phi) is 11.2. The van der Waals surface area contributed by atoms with E-state index in [4.69, 9.17) is 5.73 Å². The Morgan fingerprint density at radius 2 is 1.97 bits per heavy atom. The average molecular weight is 508 g/mol. The van der Waals surface area contributed by atoms with E-state index in [2.05, 4.69) is 19.4 Å². The van der Waals surface area contributed by atoms with Crippen molar-refractivity contribution in [2.24, 2.45) is 22.6 Å². The van der Waals surface area contributed by atoms with Crippen molar-refractivity contribution in [1.82, 2.24) is 14.5 Å². The number of piperidine rings is 2. The molecule has 1 unspecified atom stereocenters. The highest BCUT2D eigenvalue weighted by Gasteiger charge is 2.43. The fourth-order valence-electron chi connectivity index (χ4n) is 4.51. The third-order valence-corrected chi connectivity index (χ3v) is 7.87. The number of esters is 1. The van der Waals surface area contributed by atoms with Crippen LogP contribution in [-0.2, 0) is 19.6 Å². The first-order chi connectivity index (χ1) is 16.1. The van der Waals surface area contributed by atoms with Crippen LogP contribution in [0.1, 0.15) is 45.4 Å². The van der Waals surface area contributed by atoms with E-state index in [1.807, 2.05) is 11.8 Å². The van der Waals surface area contributed by atoms with Crippen molar-refractivity contribution < 1.29 is 26.7 Å².